The normalized spacial score (nSPS) is 22.9. The topological polar surface area (TPSA) is 98.3 Å². The number of carbonyl (C=O) groups excluding carboxylic acids is 2. The van der Waals surface area contributed by atoms with E-state index in [9.17, 15) is 9.59 Å². The van der Waals surface area contributed by atoms with Crippen LogP contribution in [0.1, 0.15) is 60.8 Å². The number of hydrogen-bond acceptors (Lipinski definition) is 6. The molecular formula is C17H31N3O5. The van der Waals surface area contributed by atoms with Gasteiger partial charge in [0.05, 0.1) is 17.8 Å². The lowest BCUT2D eigenvalue weighted by Gasteiger charge is -2.34. The van der Waals surface area contributed by atoms with E-state index in [1.54, 1.807) is 41.5 Å². The molecule has 0 aromatic carbocycles. The van der Waals surface area contributed by atoms with Crippen LogP contribution in [0.2, 0.25) is 0 Å². The molecule has 0 saturated heterocycles. The molecule has 25 heavy (non-hydrogen) atoms. The highest BCUT2D eigenvalue weighted by atomic mass is 16.6. The Kier molecular flexibility index (Phi) is 7.07. The van der Waals surface area contributed by atoms with Crippen molar-refractivity contribution in [2.45, 2.75) is 84.1 Å². The summed E-state index contributed by atoms with van der Waals surface area (Å²) in [7, 11) is 1.48. The van der Waals surface area contributed by atoms with Crippen LogP contribution in [0.25, 0.3) is 0 Å². The van der Waals surface area contributed by atoms with Crippen molar-refractivity contribution in [2.24, 2.45) is 5.16 Å². The number of oxime groups is 1. The third-order valence-electron chi connectivity index (χ3n) is 3.31. The lowest BCUT2D eigenvalue weighted by atomic mass is 9.89. The molecule has 0 radical (unpaired) electrons. The molecule has 8 heteroatoms. The van der Waals surface area contributed by atoms with Crippen molar-refractivity contribution in [3.05, 3.63) is 0 Å². The summed E-state index contributed by atoms with van der Waals surface area (Å²) in [6, 6.07) is -0.636. The van der Waals surface area contributed by atoms with Crippen LogP contribution in [0.5, 0.6) is 0 Å². The predicted molar refractivity (Wildman–Crippen MR) is 94.6 cm³/mol. The van der Waals surface area contributed by atoms with E-state index in [4.69, 9.17) is 14.3 Å². The number of hydrogen-bond donors (Lipinski definition) is 2. The molecule has 0 heterocycles. The number of alkyl carbamates (subject to hydrolysis) is 2. The van der Waals surface area contributed by atoms with E-state index in [-0.39, 0.29) is 12.1 Å². The Labute approximate surface area is 149 Å². The van der Waals surface area contributed by atoms with Gasteiger partial charge in [0.15, 0.2) is 0 Å². The van der Waals surface area contributed by atoms with Gasteiger partial charge in [0.2, 0.25) is 0 Å². The third-order valence-corrected chi connectivity index (χ3v) is 3.31. The van der Waals surface area contributed by atoms with Crippen molar-refractivity contribution in [3.8, 4) is 0 Å². The number of nitrogens with zero attached hydrogens (tertiary/aromatic N) is 1. The molecule has 2 N–H and O–H groups in total. The van der Waals surface area contributed by atoms with Crippen molar-refractivity contribution in [1.82, 2.24) is 10.6 Å². The second-order valence-corrected chi connectivity index (χ2v) is 8.09. The SMILES string of the molecule is CO/N=C1\CCC(NC(=O)OC(C)(C)C)C(NC(=O)OC(C)(C)C)C1. The summed E-state index contributed by atoms with van der Waals surface area (Å²) in [4.78, 5) is 29.0. The maximum Gasteiger partial charge on any atom is 0.407 e. The first-order valence-corrected chi connectivity index (χ1v) is 8.47. The molecule has 0 spiro atoms. The van der Waals surface area contributed by atoms with E-state index in [0.29, 0.717) is 19.3 Å². The maximum absolute atomic E-state index is 12.1. The molecule has 2 atom stereocenters. The van der Waals surface area contributed by atoms with Crippen LogP contribution in [0.4, 0.5) is 9.59 Å². The highest BCUT2D eigenvalue weighted by Crippen LogP contribution is 2.19. The lowest BCUT2D eigenvalue weighted by Crippen LogP contribution is -2.56. The fourth-order valence-electron chi connectivity index (χ4n) is 2.48. The first kappa shape index (κ1) is 21.1. The Morgan fingerprint density at radius 2 is 1.44 bits per heavy atom. The molecule has 8 nitrogen and oxygen atoms in total. The van der Waals surface area contributed by atoms with Gasteiger partial charge in [-0.3, -0.25) is 0 Å². The van der Waals surface area contributed by atoms with Crippen LogP contribution in [-0.2, 0) is 14.3 Å². The Hall–Kier alpha value is -1.99. The molecule has 0 aromatic heterocycles. The first-order chi connectivity index (χ1) is 11.4. The van der Waals surface area contributed by atoms with Crippen LogP contribution in [0, 0.1) is 0 Å². The Bertz CT molecular complexity index is 505. The predicted octanol–water partition coefficient (Wildman–Crippen LogP) is 2.96. The number of carbonyl (C=O) groups is 2. The lowest BCUT2D eigenvalue weighted by molar-refractivity contribution is 0.0423. The van der Waals surface area contributed by atoms with E-state index in [1.807, 2.05) is 0 Å². The molecule has 0 aromatic rings. The monoisotopic (exact) mass is 357 g/mol. The number of rotatable bonds is 3. The van der Waals surface area contributed by atoms with Crippen LogP contribution in [0.3, 0.4) is 0 Å². The summed E-state index contributed by atoms with van der Waals surface area (Å²) in [5.74, 6) is 0. The fourth-order valence-corrected chi connectivity index (χ4v) is 2.48. The van der Waals surface area contributed by atoms with Gasteiger partial charge >= 0.3 is 12.2 Å². The number of amides is 2. The van der Waals surface area contributed by atoms with Gasteiger partial charge < -0.3 is 24.9 Å². The molecular weight excluding hydrogens is 326 g/mol. The van der Waals surface area contributed by atoms with Gasteiger partial charge in [-0.1, -0.05) is 5.16 Å². The van der Waals surface area contributed by atoms with E-state index < -0.39 is 23.4 Å². The Morgan fingerprint density at radius 3 is 1.88 bits per heavy atom. The molecule has 2 unspecified atom stereocenters. The molecule has 1 aliphatic rings. The summed E-state index contributed by atoms with van der Waals surface area (Å²) < 4.78 is 10.6. The smallest absolute Gasteiger partial charge is 0.407 e. The fraction of sp³-hybridized carbons (Fsp3) is 0.824. The van der Waals surface area contributed by atoms with Gasteiger partial charge in [-0.25, -0.2) is 9.59 Å². The summed E-state index contributed by atoms with van der Waals surface area (Å²) >= 11 is 0. The minimum atomic E-state index is -0.601. The molecule has 2 amide bonds. The van der Waals surface area contributed by atoms with E-state index in [2.05, 4.69) is 15.8 Å². The van der Waals surface area contributed by atoms with Crippen molar-refractivity contribution in [3.63, 3.8) is 0 Å². The van der Waals surface area contributed by atoms with Gasteiger partial charge in [-0.2, -0.15) is 0 Å². The molecule has 0 bridgehead atoms. The molecule has 0 aliphatic heterocycles. The van der Waals surface area contributed by atoms with E-state index in [0.717, 1.165) is 5.71 Å². The van der Waals surface area contributed by atoms with Gasteiger partial charge in [0, 0.05) is 6.42 Å². The van der Waals surface area contributed by atoms with Crippen LogP contribution in [-0.4, -0.2) is 48.3 Å². The Morgan fingerprint density at radius 1 is 0.960 bits per heavy atom. The van der Waals surface area contributed by atoms with Gasteiger partial charge in [-0.05, 0) is 54.4 Å². The summed E-state index contributed by atoms with van der Waals surface area (Å²) in [6.45, 7) is 10.8. The maximum atomic E-state index is 12.1. The van der Waals surface area contributed by atoms with Crippen molar-refractivity contribution in [1.29, 1.82) is 0 Å². The number of nitrogens with one attached hydrogen (secondary N) is 2. The first-order valence-electron chi connectivity index (χ1n) is 8.47. The van der Waals surface area contributed by atoms with Crippen LogP contribution >= 0.6 is 0 Å². The van der Waals surface area contributed by atoms with Crippen LogP contribution in [0.15, 0.2) is 5.16 Å². The second-order valence-electron chi connectivity index (χ2n) is 8.09. The van der Waals surface area contributed by atoms with Crippen molar-refractivity contribution < 1.29 is 23.9 Å². The second kappa shape index (κ2) is 8.40. The van der Waals surface area contributed by atoms with Gasteiger partial charge in [0.1, 0.15) is 18.3 Å². The standard InChI is InChI=1S/C17H31N3O5/c1-16(2,3)24-14(21)18-12-9-8-11(20-23-7)10-13(12)19-15(22)25-17(4,5)6/h12-13H,8-10H2,1-7H3,(H,18,21)(H,19,22)/b20-11+. The molecule has 1 fully saturated rings. The summed E-state index contributed by atoms with van der Waals surface area (Å²) in [6.07, 6.45) is 0.698. The zero-order valence-electron chi connectivity index (χ0n) is 16.3. The third kappa shape index (κ3) is 8.60. The average molecular weight is 357 g/mol. The summed E-state index contributed by atoms with van der Waals surface area (Å²) in [5, 5.41) is 9.61. The molecule has 144 valence electrons. The molecule has 1 saturated carbocycles. The Balaban J connectivity index is 2.77. The highest BCUT2D eigenvalue weighted by Gasteiger charge is 2.33. The summed E-state index contributed by atoms with van der Waals surface area (Å²) in [5.41, 5.74) is -0.364. The highest BCUT2D eigenvalue weighted by molar-refractivity contribution is 5.86. The minimum absolute atomic E-state index is 0.279. The van der Waals surface area contributed by atoms with E-state index in [1.165, 1.54) is 7.11 Å². The molecule has 1 aliphatic carbocycles. The average Bonchev–Trinajstić information content (AvgIpc) is 2.37. The zero-order chi connectivity index (χ0) is 19.3. The minimum Gasteiger partial charge on any atom is -0.444 e. The van der Waals surface area contributed by atoms with Crippen molar-refractivity contribution >= 4 is 17.9 Å². The largest absolute Gasteiger partial charge is 0.444 e. The number of ether oxygens (including phenoxy) is 2. The quantitative estimate of drug-likeness (QED) is 0.757. The van der Waals surface area contributed by atoms with Crippen molar-refractivity contribution in [2.75, 3.05) is 7.11 Å². The van der Waals surface area contributed by atoms with Gasteiger partial charge in [0.25, 0.3) is 0 Å². The molecule has 1 rings (SSSR count). The van der Waals surface area contributed by atoms with Gasteiger partial charge in [-0.15, -0.1) is 0 Å². The van der Waals surface area contributed by atoms with E-state index >= 15 is 0 Å². The van der Waals surface area contributed by atoms with Crippen LogP contribution < -0.4 is 10.6 Å². The zero-order valence-corrected chi connectivity index (χ0v) is 16.3.